The smallest absolute Gasteiger partial charge is 0.251 e. The number of nitrogens with zero attached hydrogens (tertiary/aromatic N) is 2. The van der Waals surface area contributed by atoms with E-state index in [1.165, 1.54) is 25.9 Å². The van der Waals surface area contributed by atoms with Gasteiger partial charge in [-0.25, -0.2) is 0 Å². The van der Waals surface area contributed by atoms with Crippen molar-refractivity contribution in [2.75, 3.05) is 26.2 Å². The molecule has 1 aliphatic rings. The number of carbonyl (C=O) groups excluding carboxylic acids is 1. The molecule has 4 nitrogen and oxygen atoms in total. The van der Waals surface area contributed by atoms with Gasteiger partial charge >= 0.3 is 0 Å². The molecule has 126 valence electrons. The average Bonchev–Trinajstić information content (AvgIpc) is 3.16. The summed E-state index contributed by atoms with van der Waals surface area (Å²) in [6, 6.07) is 13.5. The Hall–Kier alpha value is -2.20. The minimum atomic E-state index is 0.00347. The molecule has 0 radical (unpaired) electrons. The van der Waals surface area contributed by atoms with E-state index >= 15 is 0 Å². The van der Waals surface area contributed by atoms with E-state index in [1.54, 1.807) is 6.20 Å². The zero-order valence-corrected chi connectivity index (χ0v) is 14.1. The van der Waals surface area contributed by atoms with Gasteiger partial charge in [0.25, 0.3) is 5.91 Å². The third-order valence-corrected chi connectivity index (χ3v) is 4.49. The topological polar surface area (TPSA) is 45.2 Å². The minimum Gasteiger partial charge on any atom is -0.352 e. The number of nitrogens with one attached hydrogen (secondary N) is 1. The molecule has 2 aromatic rings. The van der Waals surface area contributed by atoms with Gasteiger partial charge in [0.05, 0.1) is 5.69 Å². The maximum Gasteiger partial charge on any atom is 0.251 e. The molecule has 1 fully saturated rings. The molecule has 4 heteroatoms. The summed E-state index contributed by atoms with van der Waals surface area (Å²) in [6.45, 7) is 4.40. The number of aromatic nitrogens is 1. The van der Waals surface area contributed by atoms with Crippen LogP contribution in [0.3, 0.4) is 0 Å². The number of hydrogen-bond donors (Lipinski definition) is 1. The Bertz CT molecular complexity index is 634. The second-order valence-electron chi connectivity index (χ2n) is 6.30. The molecule has 0 atom stereocenters. The van der Waals surface area contributed by atoms with Crippen molar-refractivity contribution in [3.05, 3.63) is 54.2 Å². The van der Waals surface area contributed by atoms with E-state index in [9.17, 15) is 4.79 Å². The van der Waals surface area contributed by atoms with Gasteiger partial charge in [0.1, 0.15) is 0 Å². The fraction of sp³-hybridized carbons (Fsp3) is 0.400. The fourth-order valence-corrected chi connectivity index (χ4v) is 3.10. The number of likely N-dealkylation sites (tertiary alicyclic amines) is 1. The van der Waals surface area contributed by atoms with Crippen LogP contribution in [0.25, 0.3) is 11.3 Å². The summed E-state index contributed by atoms with van der Waals surface area (Å²) in [4.78, 5) is 19.0. The molecule has 0 unspecified atom stereocenters. The number of unbranched alkanes of at least 4 members (excludes halogenated alkanes) is 1. The first-order chi connectivity index (χ1) is 11.8. The van der Waals surface area contributed by atoms with Gasteiger partial charge in [0.15, 0.2) is 0 Å². The van der Waals surface area contributed by atoms with Crippen LogP contribution in [0.15, 0.2) is 48.7 Å². The van der Waals surface area contributed by atoms with Gasteiger partial charge in [-0.05, 0) is 69.6 Å². The van der Waals surface area contributed by atoms with E-state index in [4.69, 9.17) is 0 Å². The van der Waals surface area contributed by atoms with E-state index in [2.05, 4.69) is 15.2 Å². The highest BCUT2D eigenvalue weighted by molar-refractivity contribution is 5.94. The summed E-state index contributed by atoms with van der Waals surface area (Å²) < 4.78 is 0. The maximum absolute atomic E-state index is 12.2. The van der Waals surface area contributed by atoms with Crippen molar-refractivity contribution in [3.8, 4) is 11.3 Å². The van der Waals surface area contributed by atoms with Crippen LogP contribution in [0.4, 0.5) is 0 Å². The molecular weight excluding hydrogens is 298 g/mol. The van der Waals surface area contributed by atoms with Crippen LogP contribution in [0.5, 0.6) is 0 Å². The fourth-order valence-electron chi connectivity index (χ4n) is 3.10. The van der Waals surface area contributed by atoms with Crippen LogP contribution < -0.4 is 5.32 Å². The van der Waals surface area contributed by atoms with E-state index in [0.717, 1.165) is 37.2 Å². The van der Waals surface area contributed by atoms with Crippen molar-refractivity contribution in [1.82, 2.24) is 15.2 Å². The number of hydrogen-bond acceptors (Lipinski definition) is 3. The van der Waals surface area contributed by atoms with Crippen molar-refractivity contribution < 1.29 is 4.79 Å². The summed E-state index contributed by atoms with van der Waals surface area (Å²) >= 11 is 0. The quantitative estimate of drug-likeness (QED) is 0.795. The minimum absolute atomic E-state index is 0.00347. The molecule has 1 amide bonds. The van der Waals surface area contributed by atoms with E-state index < -0.39 is 0 Å². The molecule has 1 N–H and O–H groups in total. The van der Waals surface area contributed by atoms with E-state index in [0.29, 0.717) is 5.56 Å². The van der Waals surface area contributed by atoms with Crippen LogP contribution in [-0.2, 0) is 0 Å². The number of rotatable bonds is 7. The predicted octanol–water partition coefficient (Wildman–Crippen LogP) is 3.35. The van der Waals surface area contributed by atoms with Gasteiger partial charge in [0, 0.05) is 23.9 Å². The Morgan fingerprint density at radius 1 is 1.04 bits per heavy atom. The molecule has 3 rings (SSSR count). The third kappa shape index (κ3) is 4.65. The van der Waals surface area contributed by atoms with Gasteiger partial charge in [0.2, 0.25) is 0 Å². The van der Waals surface area contributed by atoms with Crippen molar-refractivity contribution in [3.63, 3.8) is 0 Å². The molecule has 1 saturated heterocycles. The third-order valence-electron chi connectivity index (χ3n) is 4.49. The lowest BCUT2D eigenvalue weighted by Crippen LogP contribution is -2.26. The zero-order valence-electron chi connectivity index (χ0n) is 14.1. The Balaban J connectivity index is 1.41. The lowest BCUT2D eigenvalue weighted by Gasteiger charge is -2.14. The lowest BCUT2D eigenvalue weighted by atomic mass is 10.1. The average molecular weight is 323 g/mol. The summed E-state index contributed by atoms with van der Waals surface area (Å²) in [5, 5.41) is 3.01. The van der Waals surface area contributed by atoms with Crippen LogP contribution in [0, 0.1) is 0 Å². The Labute approximate surface area is 143 Å². The van der Waals surface area contributed by atoms with Gasteiger partial charge in [-0.1, -0.05) is 18.2 Å². The van der Waals surface area contributed by atoms with Crippen molar-refractivity contribution in [2.24, 2.45) is 0 Å². The SMILES string of the molecule is O=C(NCCCCN1CCCC1)c1ccc(-c2ccccn2)cc1. The summed E-state index contributed by atoms with van der Waals surface area (Å²) in [5.74, 6) is 0.00347. The monoisotopic (exact) mass is 323 g/mol. The molecular formula is C20H25N3O. The highest BCUT2D eigenvalue weighted by Crippen LogP contribution is 2.16. The standard InChI is InChI=1S/C20H25N3O/c24-20(22-13-3-4-14-23-15-5-6-16-23)18-10-8-17(9-11-18)19-7-1-2-12-21-19/h1-2,7-12H,3-6,13-16H2,(H,22,24). The molecule has 0 aliphatic carbocycles. The Morgan fingerprint density at radius 2 is 1.83 bits per heavy atom. The normalized spacial score (nSPS) is 14.7. The highest BCUT2D eigenvalue weighted by Gasteiger charge is 2.10. The molecule has 24 heavy (non-hydrogen) atoms. The van der Waals surface area contributed by atoms with Gasteiger partial charge < -0.3 is 10.2 Å². The second-order valence-corrected chi connectivity index (χ2v) is 6.30. The number of amides is 1. The number of benzene rings is 1. The molecule has 1 aromatic carbocycles. The van der Waals surface area contributed by atoms with Crippen molar-refractivity contribution in [1.29, 1.82) is 0 Å². The Kier molecular flexibility index (Phi) is 5.96. The van der Waals surface area contributed by atoms with Gasteiger partial charge in [-0.3, -0.25) is 9.78 Å². The van der Waals surface area contributed by atoms with Crippen LogP contribution in [0.2, 0.25) is 0 Å². The summed E-state index contributed by atoms with van der Waals surface area (Å²) in [6.07, 6.45) is 6.64. The molecule has 2 heterocycles. The van der Waals surface area contributed by atoms with Gasteiger partial charge in [-0.15, -0.1) is 0 Å². The highest BCUT2D eigenvalue weighted by atomic mass is 16.1. The molecule has 0 saturated carbocycles. The van der Waals surface area contributed by atoms with Crippen LogP contribution in [-0.4, -0.2) is 42.0 Å². The summed E-state index contributed by atoms with van der Waals surface area (Å²) in [7, 11) is 0. The molecule has 1 aromatic heterocycles. The Morgan fingerprint density at radius 3 is 2.54 bits per heavy atom. The zero-order chi connectivity index (χ0) is 16.6. The number of pyridine rings is 1. The van der Waals surface area contributed by atoms with E-state index in [1.807, 2.05) is 42.5 Å². The largest absolute Gasteiger partial charge is 0.352 e. The summed E-state index contributed by atoms with van der Waals surface area (Å²) in [5.41, 5.74) is 2.65. The maximum atomic E-state index is 12.2. The van der Waals surface area contributed by atoms with Gasteiger partial charge in [-0.2, -0.15) is 0 Å². The van der Waals surface area contributed by atoms with Crippen LogP contribution in [0.1, 0.15) is 36.0 Å². The number of carbonyl (C=O) groups is 1. The first-order valence-electron chi connectivity index (χ1n) is 8.85. The van der Waals surface area contributed by atoms with Crippen LogP contribution >= 0.6 is 0 Å². The van der Waals surface area contributed by atoms with Crippen molar-refractivity contribution in [2.45, 2.75) is 25.7 Å². The molecule has 0 spiro atoms. The van der Waals surface area contributed by atoms with E-state index in [-0.39, 0.29) is 5.91 Å². The second kappa shape index (κ2) is 8.60. The first kappa shape index (κ1) is 16.7. The lowest BCUT2D eigenvalue weighted by molar-refractivity contribution is 0.0952. The van der Waals surface area contributed by atoms with Crippen molar-refractivity contribution >= 4 is 5.91 Å². The molecule has 1 aliphatic heterocycles. The first-order valence-corrected chi connectivity index (χ1v) is 8.85. The predicted molar refractivity (Wildman–Crippen MR) is 96.9 cm³/mol. The molecule has 0 bridgehead atoms.